The highest BCUT2D eigenvalue weighted by molar-refractivity contribution is 7.13. The van der Waals surface area contributed by atoms with Crippen molar-refractivity contribution in [1.82, 2.24) is 15.1 Å². The third-order valence-corrected chi connectivity index (χ3v) is 3.61. The van der Waals surface area contributed by atoms with Crippen LogP contribution in [0.25, 0.3) is 0 Å². The van der Waals surface area contributed by atoms with E-state index in [1.54, 1.807) is 0 Å². The summed E-state index contributed by atoms with van der Waals surface area (Å²) in [6, 6.07) is -0.298. The predicted molar refractivity (Wildman–Crippen MR) is 59.4 cm³/mol. The summed E-state index contributed by atoms with van der Waals surface area (Å²) in [6.07, 6.45) is -2.51. The Bertz CT molecular complexity index is 442. The first kappa shape index (κ1) is 13.3. The van der Waals surface area contributed by atoms with Crippen molar-refractivity contribution in [3.63, 3.8) is 0 Å². The minimum Gasteiger partial charge on any atom is -0.324 e. The molecule has 1 aromatic heterocycles. The van der Waals surface area contributed by atoms with E-state index in [4.69, 9.17) is 0 Å². The van der Waals surface area contributed by atoms with Crippen molar-refractivity contribution in [3.8, 4) is 0 Å². The summed E-state index contributed by atoms with van der Waals surface area (Å²) in [4.78, 5) is 12.8. The Morgan fingerprint density at radius 1 is 1.44 bits per heavy atom. The van der Waals surface area contributed by atoms with Gasteiger partial charge in [0.2, 0.25) is 5.01 Å². The van der Waals surface area contributed by atoms with Gasteiger partial charge in [-0.05, 0) is 19.3 Å². The first-order valence-corrected chi connectivity index (χ1v) is 6.42. The van der Waals surface area contributed by atoms with Crippen LogP contribution in [0.15, 0.2) is 0 Å². The van der Waals surface area contributed by atoms with E-state index in [1.807, 2.05) is 6.92 Å². The topological polar surface area (TPSA) is 46.1 Å². The highest BCUT2D eigenvalue weighted by atomic mass is 32.1. The van der Waals surface area contributed by atoms with Crippen LogP contribution in [0.4, 0.5) is 13.2 Å². The number of nitrogens with zero attached hydrogens (tertiary/aromatic N) is 3. The molecule has 1 aliphatic rings. The number of hydrogen-bond acceptors (Lipinski definition) is 4. The lowest BCUT2D eigenvalue weighted by molar-refractivity contribution is -0.141. The smallest absolute Gasteiger partial charge is 0.324 e. The number of amides is 1. The van der Waals surface area contributed by atoms with Crippen molar-refractivity contribution >= 4 is 17.2 Å². The fraction of sp³-hybridized carbons (Fsp3) is 0.700. The molecule has 0 unspecified atom stereocenters. The number of carbonyl (C=O) groups is 1. The Morgan fingerprint density at radius 3 is 2.56 bits per heavy atom. The van der Waals surface area contributed by atoms with E-state index in [2.05, 4.69) is 10.2 Å². The maximum atomic E-state index is 12.4. The lowest BCUT2D eigenvalue weighted by Gasteiger charge is -2.22. The molecule has 0 aromatic carbocycles. The quantitative estimate of drug-likeness (QED) is 0.849. The largest absolute Gasteiger partial charge is 0.406 e. The van der Waals surface area contributed by atoms with Gasteiger partial charge in [0, 0.05) is 6.04 Å². The van der Waals surface area contributed by atoms with Crippen molar-refractivity contribution in [2.24, 2.45) is 0 Å². The second-order valence-electron chi connectivity index (χ2n) is 4.13. The molecular weight excluding hydrogens is 267 g/mol. The summed E-state index contributed by atoms with van der Waals surface area (Å²) in [6.45, 7) is 0.640. The summed E-state index contributed by atoms with van der Waals surface area (Å²) < 4.78 is 37.2. The van der Waals surface area contributed by atoms with Gasteiger partial charge >= 0.3 is 6.18 Å². The van der Waals surface area contributed by atoms with Crippen molar-refractivity contribution in [2.45, 2.75) is 38.4 Å². The van der Waals surface area contributed by atoms with E-state index in [0.717, 1.165) is 16.2 Å². The maximum Gasteiger partial charge on any atom is 0.406 e. The second kappa shape index (κ2) is 4.83. The molecule has 8 heteroatoms. The van der Waals surface area contributed by atoms with Gasteiger partial charge in [-0.15, -0.1) is 10.2 Å². The van der Waals surface area contributed by atoms with Gasteiger partial charge in [0.1, 0.15) is 11.6 Å². The number of halogens is 3. The summed E-state index contributed by atoms with van der Waals surface area (Å²) in [5, 5.41) is 8.11. The molecule has 0 saturated heterocycles. The fourth-order valence-corrected chi connectivity index (χ4v) is 2.29. The first-order valence-electron chi connectivity index (χ1n) is 5.61. The van der Waals surface area contributed by atoms with E-state index in [1.165, 1.54) is 0 Å². The molecule has 1 aliphatic carbocycles. The third kappa shape index (κ3) is 3.18. The van der Waals surface area contributed by atoms with Gasteiger partial charge in [-0.3, -0.25) is 4.79 Å². The highest BCUT2D eigenvalue weighted by Gasteiger charge is 2.41. The number of alkyl halides is 3. The van der Waals surface area contributed by atoms with Gasteiger partial charge in [-0.1, -0.05) is 18.3 Å². The van der Waals surface area contributed by atoms with Crippen LogP contribution in [-0.4, -0.2) is 39.8 Å². The Kier molecular flexibility index (Phi) is 3.56. The summed E-state index contributed by atoms with van der Waals surface area (Å²) in [5.74, 6) is -0.660. The average Bonchev–Trinajstić information content (AvgIpc) is 3.01. The zero-order valence-electron chi connectivity index (χ0n) is 9.70. The molecule has 18 heavy (non-hydrogen) atoms. The molecule has 1 aromatic rings. The molecule has 2 rings (SSSR count). The van der Waals surface area contributed by atoms with Crippen molar-refractivity contribution in [3.05, 3.63) is 10.0 Å². The number of aromatic nitrogens is 2. The van der Waals surface area contributed by atoms with Crippen LogP contribution in [0.1, 0.15) is 34.6 Å². The normalized spacial score (nSPS) is 15.8. The molecule has 100 valence electrons. The summed E-state index contributed by atoms with van der Waals surface area (Å²) >= 11 is 1.06. The molecule has 0 spiro atoms. The van der Waals surface area contributed by atoms with Gasteiger partial charge in [0.15, 0.2) is 0 Å². The average molecular weight is 279 g/mol. The van der Waals surface area contributed by atoms with Gasteiger partial charge in [0.05, 0.1) is 0 Å². The predicted octanol–water partition coefficient (Wildman–Crippen LogP) is 2.27. The Labute approximate surface area is 106 Å². The molecule has 0 aliphatic heterocycles. The van der Waals surface area contributed by atoms with Crippen LogP contribution in [0.3, 0.4) is 0 Å². The minimum atomic E-state index is -4.38. The van der Waals surface area contributed by atoms with Gasteiger partial charge < -0.3 is 4.90 Å². The Morgan fingerprint density at radius 2 is 2.11 bits per heavy atom. The second-order valence-corrected chi connectivity index (χ2v) is 5.20. The summed E-state index contributed by atoms with van der Waals surface area (Å²) in [7, 11) is 0. The van der Waals surface area contributed by atoms with E-state index >= 15 is 0 Å². The van der Waals surface area contributed by atoms with E-state index in [-0.39, 0.29) is 11.0 Å². The fourth-order valence-electron chi connectivity index (χ4n) is 1.55. The van der Waals surface area contributed by atoms with Gasteiger partial charge in [-0.2, -0.15) is 13.2 Å². The van der Waals surface area contributed by atoms with Gasteiger partial charge in [0.25, 0.3) is 5.91 Å². The zero-order valence-corrected chi connectivity index (χ0v) is 10.5. The molecule has 0 bridgehead atoms. The van der Waals surface area contributed by atoms with Crippen molar-refractivity contribution in [2.75, 3.05) is 6.54 Å². The molecule has 1 amide bonds. The molecule has 0 atom stereocenters. The van der Waals surface area contributed by atoms with E-state index < -0.39 is 18.6 Å². The lowest BCUT2D eigenvalue weighted by atomic mass is 10.4. The standard InChI is InChI=1S/C10H12F3N3OS/c1-2-7-14-15-8(18-7)9(17)16(6-3-4-6)5-10(11,12)13/h6H,2-5H2,1H3. The Hall–Kier alpha value is -1.18. The molecule has 4 nitrogen and oxygen atoms in total. The molecule has 1 fully saturated rings. The van der Waals surface area contributed by atoms with Crippen LogP contribution in [0, 0.1) is 0 Å². The van der Waals surface area contributed by atoms with Crippen LogP contribution < -0.4 is 0 Å². The zero-order chi connectivity index (χ0) is 13.3. The molecule has 1 heterocycles. The van der Waals surface area contributed by atoms with Gasteiger partial charge in [-0.25, -0.2) is 0 Å². The lowest BCUT2D eigenvalue weighted by Crippen LogP contribution is -2.40. The molecule has 0 radical (unpaired) electrons. The highest BCUT2D eigenvalue weighted by Crippen LogP contribution is 2.31. The monoisotopic (exact) mass is 279 g/mol. The van der Waals surface area contributed by atoms with Crippen LogP contribution >= 0.6 is 11.3 Å². The van der Waals surface area contributed by atoms with Crippen molar-refractivity contribution in [1.29, 1.82) is 0 Å². The maximum absolute atomic E-state index is 12.4. The van der Waals surface area contributed by atoms with E-state index in [9.17, 15) is 18.0 Å². The number of aryl methyl sites for hydroxylation is 1. The Balaban J connectivity index is 2.13. The number of rotatable bonds is 4. The van der Waals surface area contributed by atoms with Crippen molar-refractivity contribution < 1.29 is 18.0 Å². The number of hydrogen-bond donors (Lipinski definition) is 0. The van der Waals surface area contributed by atoms with Crippen LogP contribution in [0.2, 0.25) is 0 Å². The minimum absolute atomic E-state index is 0.0444. The van der Waals surface area contributed by atoms with E-state index in [0.29, 0.717) is 24.3 Å². The molecule has 1 saturated carbocycles. The molecular formula is C10H12F3N3OS. The summed E-state index contributed by atoms with van der Waals surface area (Å²) in [5.41, 5.74) is 0. The third-order valence-electron chi connectivity index (χ3n) is 2.55. The molecule has 0 N–H and O–H groups in total. The first-order chi connectivity index (χ1) is 8.40. The van der Waals surface area contributed by atoms with Crippen LogP contribution in [0.5, 0.6) is 0 Å². The SMILES string of the molecule is CCc1nnc(C(=O)N(CC(F)(F)F)C2CC2)s1. The van der Waals surface area contributed by atoms with Crippen LogP contribution in [-0.2, 0) is 6.42 Å². The number of carbonyl (C=O) groups excluding carboxylic acids is 1.